The van der Waals surface area contributed by atoms with Gasteiger partial charge in [0.2, 0.25) is 0 Å². The number of pyridine rings is 1. The van der Waals surface area contributed by atoms with E-state index in [1.54, 1.807) is 0 Å². The summed E-state index contributed by atoms with van der Waals surface area (Å²) in [5, 5.41) is 8.56. The number of hydrogen-bond acceptors (Lipinski definition) is 2. The number of aromatic nitrogens is 3. The molecule has 0 radical (unpaired) electrons. The molecular weight excluding hydrogens is 647 g/mol. The molecular formula is C49H31N3O. The number of para-hydroxylation sites is 3. The van der Waals surface area contributed by atoms with Gasteiger partial charge in [-0.3, -0.25) is 0 Å². The van der Waals surface area contributed by atoms with Crippen LogP contribution in [0.15, 0.2) is 162 Å². The Morgan fingerprint density at radius 1 is 0.509 bits per heavy atom. The third-order valence-electron chi connectivity index (χ3n) is 11.4. The highest BCUT2D eigenvalue weighted by Gasteiger charge is 2.28. The maximum Gasteiger partial charge on any atom is 0.178 e. The van der Waals surface area contributed by atoms with E-state index in [9.17, 15) is 0 Å². The molecule has 12 rings (SSSR count). The van der Waals surface area contributed by atoms with Crippen molar-refractivity contribution in [2.45, 2.75) is 13.3 Å². The van der Waals surface area contributed by atoms with E-state index in [2.05, 4.69) is 168 Å². The minimum atomic E-state index is 0.785. The summed E-state index contributed by atoms with van der Waals surface area (Å²) in [5.74, 6) is 0. The number of benzene rings is 7. The maximum atomic E-state index is 6.87. The van der Waals surface area contributed by atoms with Crippen molar-refractivity contribution >= 4 is 82.0 Å². The first-order chi connectivity index (χ1) is 26.3. The highest BCUT2D eigenvalue weighted by atomic mass is 16.3. The van der Waals surface area contributed by atoms with Gasteiger partial charge in [0.25, 0.3) is 0 Å². The van der Waals surface area contributed by atoms with E-state index in [-0.39, 0.29) is 0 Å². The smallest absolute Gasteiger partial charge is 0.178 e. The van der Waals surface area contributed by atoms with Crippen LogP contribution < -0.4 is 0 Å². The number of hydrogen-bond donors (Lipinski definition) is 0. The second-order valence-corrected chi connectivity index (χ2v) is 14.1. The summed E-state index contributed by atoms with van der Waals surface area (Å²) >= 11 is 0. The van der Waals surface area contributed by atoms with Crippen molar-refractivity contribution in [3.63, 3.8) is 0 Å². The van der Waals surface area contributed by atoms with Crippen LogP contribution in [0.5, 0.6) is 0 Å². The Labute approximate surface area is 304 Å². The predicted octanol–water partition coefficient (Wildman–Crippen LogP) is 13.1. The van der Waals surface area contributed by atoms with Crippen LogP contribution in [0.3, 0.4) is 0 Å². The van der Waals surface area contributed by atoms with E-state index in [1.165, 1.54) is 65.5 Å². The van der Waals surface area contributed by atoms with Crippen LogP contribution in [0.2, 0.25) is 0 Å². The van der Waals surface area contributed by atoms with Gasteiger partial charge in [0, 0.05) is 48.8 Å². The first kappa shape index (κ1) is 28.8. The number of rotatable bonds is 4. The van der Waals surface area contributed by atoms with Gasteiger partial charge in [0.15, 0.2) is 5.58 Å². The largest absolute Gasteiger partial charge is 0.452 e. The molecule has 0 atom stereocenters. The summed E-state index contributed by atoms with van der Waals surface area (Å²) in [4.78, 5) is 5.41. The summed E-state index contributed by atoms with van der Waals surface area (Å²) in [5.41, 5.74) is 15.3. The van der Waals surface area contributed by atoms with Crippen molar-refractivity contribution in [3.8, 4) is 28.1 Å². The van der Waals surface area contributed by atoms with Gasteiger partial charge in [-0.15, -0.1) is 0 Å². The van der Waals surface area contributed by atoms with E-state index in [1.807, 2.05) is 6.07 Å². The minimum Gasteiger partial charge on any atom is -0.452 e. The monoisotopic (exact) mass is 677 g/mol. The normalized spacial score (nSPS) is 12.3. The van der Waals surface area contributed by atoms with Crippen LogP contribution in [-0.2, 0) is 6.42 Å². The first-order valence-electron chi connectivity index (χ1n) is 18.4. The summed E-state index contributed by atoms with van der Waals surface area (Å²) in [6, 6.07) is 56.8. The van der Waals surface area contributed by atoms with Gasteiger partial charge >= 0.3 is 0 Å². The predicted molar refractivity (Wildman–Crippen MR) is 221 cm³/mol. The average molecular weight is 678 g/mol. The van der Waals surface area contributed by atoms with Crippen molar-refractivity contribution in [3.05, 3.63) is 163 Å². The Bertz CT molecular complexity index is 3420. The zero-order chi connectivity index (χ0) is 34.8. The molecule has 0 aliphatic heterocycles. The molecule has 0 aliphatic carbocycles. The molecule has 0 spiro atoms. The number of nitrogens with zero attached hydrogens (tertiary/aromatic N) is 3. The Morgan fingerprint density at radius 2 is 1.17 bits per heavy atom. The highest BCUT2D eigenvalue weighted by Crippen LogP contribution is 2.49. The third kappa shape index (κ3) is 3.77. The van der Waals surface area contributed by atoms with Gasteiger partial charge in [0.05, 0.1) is 39.0 Å². The van der Waals surface area contributed by atoms with Gasteiger partial charge in [-0.05, 0) is 53.9 Å². The fourth-order valence-electron chi connectivity index (χ4n) is 9.20. The van der Waals surface area contributed by atoms with Crippen LogP contribution in [0.4, 0.5) is 0 Å². The van der Waals surface area contributed by atoms with Crippen molar-refractivity contribution < 1.29 is 4.42 Å². The van der Waals surface area contributed by atoms with E-state index >= 15 is 0 Å². The summed E-state index contributed by atoms with van der Waals surface area (Å²) in [6.45, 7) is 2.24. The third-order valence-corrected chi connectivity index (χ3v) is 11.4. The van der Waals surface area contributed by atoms with Crippen molar-refractivity contribution in [2.75, 3.05) is 0 Å². The molecule has 5 aromatic heterocycles. The number of fused-ring (bicyclic) bond motifs is 13. The van der Waals surface area contributed by atoms with Gasteiger partial charge in [0.1, 0.15) is 11.1 Å². The topological polar surface area (TPSA) is 35.4 Å². The summed E-state index contributed by atoms with van der Waals surface area (Å²) < 4.78 is 11.9. The Balaban J connectivity index is 1.31. The molecule has 0 N–H and O–H groups in total. The lowest BCUT2D eigenvalue weighted by Gasteiger charge is -2.17. The number of furan rings is 1. The fraction of sp³-hybridized carbons (Fsp3) is 0.0408. The van der Waals surface area contributed by atoms with E-state index in [0.717, 1.165) is 56.5 Å². The average Bonchev–Trinajstić information content (AvgIpc) is 3.96. The molecule has 0 aliphatic rings. The molecule has 7 aromatic carbocycles. The Morgan fingerprint density at radius 3 is 1.94 bits per heavy atom. The molecule has 0 saturated carbocycles. The van der Waals surface area contributed by atoms with E-state index in [4.69, 9.17) is 9.40 Å². The fourth-order valence-corrected chi connectivity index (χ4v) is 9.20. The molecule has 5 heterocycles. The SMILES string of the molecule is CCc1c(-c2ccccc2)nc2c(oc3ccccc32)c1-n1c2ccccc2c2c3c4ccccc4n4c5cc(-c6ccccc6)ccc5c(cc21)c34. The lowest BCUT2D eigenvalue weighted by molar-refractivity contribution is 0.664. The second-order valence-electron chi connectivity index (χ2n) is 14.1. The van der Waals surface area contributed by atoms with Gasteiger partial charge in [-0.1, -0.05) is 128 Å². The Hall–Kier alpha value is -6.91. The minimum absolute atomic E-state index is 0.785. The van der Waals surface area contributed by atoms with E-state index < -0.39 is 0 Å². The van der Waals surface area contributed by atoms with Gasteiger partial charge in [-0.2, -0.15) is 0 Å². The molecule has 0 saturated heterocycles. The van der Waals surface area contributed by atoms with Crippen molar-refractivity contribution in [1.82, 2.24) is 14.0 Å². The molecule has 53 heavy (non-hydrogen) atoms. The highest BCUT2D eigenvalue weighted by molar-refractivity contribution is 6.36. The van der Waals surface area contributed by atoms with Crippen LogP contribution in [-0.4, -0.2) is 14.0 Å². The molecule has 0 bridgehead atoms. The van der Waals surface area contributed by atoms with Crippen molar-refractivity contribution in [2.24, 2.45) is 0 Å². The van der Waals surface area contributed by atoms with E-state index in [0.29, 0.717) is 0 Å². The summed E-state index contributed by atoms with van der Waals surface area (Å²) in [7, 11) is 0. The van der Waals surface area contributed by atoms with Gasteiger partial charge < -0.3 is 13.4 Å². The standard InChI is InChI=1S/C49H31N3O/c1-2-32-45(30-17-7-4-8-18-30)50-46-36-21-11-14-24-42(36)53-49(46)48(32)52-38-22-12-9-19-34(38)43-41(52)28-37-33-26-25-31(29-15-5-3-6-16-29)27-40(33)51-39-23-13-10-20-35(39)44(43)47(37)51/h3-28H,2H2,1H3. The van der Waals surface area contributed by atoms with Crippen LogP contribution in [0.25, 0.3) is 110 Å². The van der Waals surface area contributed by atoms with Crippen LogP contribution in [0.1, 0.15) is 12.5 Å². The molecule has 0 unspecified atom stereocenters. The van der Waals surface area contributed by atoms with Crippen LogP contribution in [0, 0.1) is 0 Å². The molecule has 4 heteroatoms. The molecule has 4 nitrogen and oxygen atoms in total. The molecule has 12 aromatic rings. The van der Waals surface area contributed by atoms with Gasteiger partial charge in [-0.25, -0.2) is 4.98 Å². The molecule has 248 valence electrons. The Kier molecular flexibility index (Phi) is 5.73. The lowest BCUT2D eigenvalue weighted by Crippen LogP contribution is -2.04. The quantitative estimate of drug-likeness (QED) is 0.186. The molecule has 0 fully saturated rings. The zero-order valence-electron chi connectivity index (χ0n) is 29.0. The van der Waals surface area contributed by atoms with Crippen LogP contribution >= 0.6 is 0 Å². The lowest BCUT2D eigenvalue weighted by atomic mass is 9.99. The first-order valence-corrected chi connectivity index (χ1v) is 18.4. The molecule has 0 amide bonds. The van der Waals surface area contributed by atoms with Crippen molar-refractivity contribution in [1.29, 1.82) is 0 Å². The second kappa shape index (κ2) is 10.6. The maximum absolute atomic E-state index is 6.87. The zero-order valence-corrected chi connectivity index (χ0v) is 29.0. The summed E-state index contributed by atoms with van der Waals surface area (Å²) in [6.07, 6.45) is 0.785.